The van der Waals surface area contributed by atoms with Gasteiger partial charge in [-0.05, 0) is 44.0 Å². The molecule has 2 aromatic rings. The van der Waals surface area contributed by atoms with Crippen molar-refractivity contribution >= 4 is 17.3 Å². The predicted octanol–water partition coefficient (Wildman–Crippen LogP) is 2.88. The summed E-state index contributed by atoms with van der Waals surface area (Å²) in [6.07, 6.45) is 1.19. The monoisotopic (exact) mass is 346 g/mol. The minimum absolute atomic E-state index is 0.00432. The fourth-order valence-electron chi connectivity index (χ4n) is 3.41. The molecule has 0 radical (unpaired) electrons. The molecule has 0 saturated carbocycles. The zero-order chi connectivity index (χ0) is 18.1. The quantitative estimate of drug-likeness (QED) is 0.483. The largest absolute Gasteiger partial charge is 0.351 e. The zero-order valence-electron chi connectivity index (χ0n) is 14.1. The highest BCUT2D eigenvalue weighted by Gasteiger charge is 2.32. The number of carbonyl (C=O) groups is 1. The van der Waals surface area contributed by atoms with Crippen molar-refractivity contribution in [2.24, 2.45) is 13.0 Å². The Labute approximate surface area is 144 Å². The van der Waals surface area contributed by atoms with E-state index in [2.05, 4.69) is 5.10 Å². The van der Waals surface area contributed by atoms with Crippen LogP contribution in [-0.4, -0.2) is 33.6 Å². The second kappa shape index (κ2) is 6.62. The van der Waals surface area contributed by atoms with Crippen molar-refractivity contribution in [2.75, 3.05) is 18.0 Å². The van der Waals surface area contributed by atoms with Gasteiger partial charge in [0, 0.05) is 31.6 Å². The van der Waals surface area contributed by atoms with Gasteiger partial charge in [0.15, 0.2) is 5.78 Å². The van der Waals surface area contributed by atoms with Crippen molar-refractivity contribution in [1.82, 2.24) is 9.78 Å². The Morgan fingerprint density at radius 3 is 2.44 bits per heavy atom. The minimum atomic E-state index is -0.409. The van der Waals surface area contributed by atoms with Crippen LogP contribution >= 0.6 is 0 Å². The van der Waals surface area contributed by atoms with Crippen LogP contribution in [0.1, 0.15) is 28.9 Å². The van der Waals surface area contributed by atoms with Crippen molar-refractivity contribution in [2.45, 2.75) is 19.8 Å². The third-order valence-corrected chi connectivity index (χ3v) is 4.64. The molecular weight excluding hydrogens is 327 g/mol. The lowest BCUT2D eigenvalue weighted by atomic mass is 9.89. The smallest absolute Gasteiger partial charge is 0.333 e. The normalized spacial score (nSPS) is 15.4. The van der Waals surface area contributed by atoms with Gasteiger partial charge in [0.05, 0.1) is 4.92 Å². The number of aromatic nitrogens is 2. The molecule has 7 nitrogen and oxygen atoms in total. The molecule has 0 aliphatic carbocycles. The van der Waals surface area contributed by atoms with Crippen molar-refractivity contribution in [1.29, 1.82) is 0 Å². The van der Waals surface area contributed by atoms with Crippen molar-refractivity contribution in [3.63, 3.8) is 0 Å². The first-order valence-electron chi connectivity index (χ1n) is 8.11. The minimum Gasteiger partial charge on any atom is -0.351 e. The molecule has 2 heterocycles. The number of halogens is 1. The molecule has 0 bridgehead atoms. The summed E-state index contributed by atoms with van der Waals surface area (Å²) in [5.74, 6) is -0.0501. The first-order chi connectivity index (χ1) is 11.9. The van der Waals surface area contributed by atoms with Crippen LogP contribution in [0.4, 0.5) is 15.9 Å². The van der Waals surface area contributed by atoms with Crippen LogP contribution < -0.4 is 4.90 Å². The molecule has 1 aliphatic rings. The fourth-order valence-corrected chi connectivity index (χ4v) is 3.41. The maximum atomic E-state index is 13.0. The van der Waals surface area contributed by atoms with E-state index in [1.54, 1.807) is 14.0 Å². The molecule has 0 amide bonds. The van der Waals surface area contributed by atoms with E-state index in [0.29, 0.717) is 43.0 Å². The number of benzene rings is 1. The van der Waals surface area contributed by atoms with Gasteiger partial charge in [-0.25, -0.2) is 9.07 Å². The fraction of sp³-hybridized carbons (Fsp3) is 0.412. The Bertz CT molecular complexity index is 808. The van der Waals surface area contributed by atoms with E-state index in [-0.39, 0.29) is 23.2 Å². The van der Waals surface area contributed by atoms with Crippen molar-refractivity contribution < 1.29 is 14.1 Å². The number of hydrogen-bond acceptors (Lipinski definition) is 5. The summed E-state index contributed by atoms with van der Waals surface area (Å²) in [4.78, 5) is 25.4. The molecule has 0 N–H and O–H groups in total. The van der Waals surface area contributed by atoms with E-state index in [1.807, 2.05) is 4.90 Å². The van der Waals surface area contributed by atoms with E-state index in [4.69, 9.17) is 0 Å². The van der Waals surface area contributed by atoms with Gasteiger partial charge in [0.1, 0.15) is 11.5 Å². The van der Waals surface area contributed by atoms with Gasteiger partial charge in [0.25, 0.3) is 0 Å². The highest BCUT2D eigenvalue weighted by Crippen LogP contribution is 2.34. The van der Waals surface area contributed by atoms with Crippen LogP contribution in [0.25, 0.3) is 0 Å². The molecule has 1 saturated heterocycles. The Balaban J connectivity index is 1.73. The first kappa shape index (κ1) is 17.1. The Hall–Kier alpha value is -2.77. The number of rotatable bonds is 4. The number of hydrogen-bond donors (Lipinski definition) is 0. The molecule has 1 aromatic heterocycles. The molecule has 132 valence electrons. The van der Waals surface area contributed by atoms with Crippen molar-refractivity contribution in [3.05, 3.63) is 51.5 Å². The highest BCUT2D eigenvalue weighted by atomic mass is 19.1. The Morgan fingerprint density at radius 1 is 1.28 bits per heavy atom. The lowest BCUT2D eigenvalue weighted by Gasteiger charge is -2.32. The van der Waals surface area contributed by atoms with E-state index < -0.39 is 4.92 Å². The summed E-state index contributed by atoms with van der Waals surface area (Å²) in [5, 5.41) is 15.5. The van der Waals surface area contributed by atoms with Crippen LogP contribution in [-0.2, 0) is 7.05 Å². The van der Waals surface area contributed by atoms with Gasteiger partial charge in [-0.2, -0.15) is 5.10 Å². The first-order valence-corrected chi connectivity index (χ1v) is 8.11. The second-order valence-corrected chi connectivity index (χ2v) is 6.27. The number of ketones is 1. The Morgan fingerprint density at radius 2 is 1.88 bits per heavy atom. The van der Waals surface area contributed by atoms with Gasteiger partial charge >= 0.3 is 5.69 Å². The SMILES string of the molecule is Cc1nn(C)c(N2CCC(C(=O)c3ccc(F)cc3)CC2)c1[N+](=O)[O-]. The predicted molar refractivity (Wildman–Crippen MR) is 90.3 cm³/mol. The highest BCUT2D eigenvalue weighted by molar-refractivity contribution is 5.98. The molecular formula is C17H19FN4O3. The standard InChI is InChI=1S/C17H19FN4O3/c1-11-15(22(24)25)17(20(2)19-11)21-9-7-13(8-10-21)16(23)12-3-5-14(18)6-4-12/h3-6,13H,7-10H2,1-2H3. The number of aryl methyl sites for hydroxylation is 2. The Kier molecular flexibility index (Phi) is 4.52. The average Bonchev–Trinajstić information content (AvgIpc) is 2.89. The number of anilines is 1. The lowest BCUT2D eigenvalue weighted by Crippen LogP contribution is -2.37. The van der Waals surface area contributed by atoms with E-state index >= 15 is 0 Å². The van der Waals surface area contributed by atoms with Crippen molar-refractivity contribution in [3.8, 4) is 0 Å². The van der Waals surface area contributed by atoms with E-state index in [9.17, 15) is 19.3 Å². The lowest BCUT2D eigenvalue weighted by molar-refractivity contribution is -0.384. The number of nitro groups is 1. The van der Waals surface area contributed by atoms with E-state index in [0.717, 1.165) is 0 Å². The molecule has 0 unspecified atom stereocenters. The zero-order valence-corrected chi connectivity index (χ0v) is 14.1. The van der Waals surface area contributed by atoms with Crippen LogP contribution in [0, 0.1) is 28.8 Å². The number of nitrogens with zero attached hydrogens (tertiary/aromatic N) is 4. The molecule has 0 spiro atoms. The number of carbonyl (C=O) groups excluding carboxylic acids is 1. The number of Topliss-reactive ketones (excluding diaryl/α,β-unsaturated/α-hetero) is 1. The van der Waals surface area contributed by atoms with Gasteiger partial charge in [-0.1, -0.05) is 0 Å². The van der Waals surface area contributed by atoms with Crippen LogP contribution in [0.3, 0.4) is 0 Å². The molecule has 1 fully saturated rings. The van der Waals surface area contributed by atoms with Gasteiger partial charge in [-0.3, -0.25) is 14.9 Å². The van der Waals surface area contributed by atoms with Gasteiger partial charge in [0.2, 0.25) is 5.82 Å². The summed E-state index contributed by atoms with van der Waals surface area (Å²) in [7, 11) is 1.69. The van der Waals surface area contributed by atoms with Crippen LogP contribution in [0.2, 0.25) is 0 Å². The third-order valence-electron chi connectivity index (χ3n) is 4.64. The maximum Gasteiger partial charge on any atom is 0.333 e. The average molecular weight is 346 g/mol. The molecule has 3 rings (SSSR count). The van der Waals surface area contributed by atoms with Crippen LogP contribution in [0.15, 0.2) is 24.3 Å². The summed E-state index contributed by atoms with van der Waals surface area (Å²) >= 11 is 0. The molecule has 1 aromatic carbocycles. The third kappa shape index (κ3) is 3.24. The van der Waals surface area contributed by atoms with Crippen LogP contribution in [0.5, 0.6) is 0 Å². The molecule has 1 aliphatic heterocycles. The van der Waals surface area contributed by atoms with Gasteiger partial charge in [-0.15, -0.1) is 0 Å². The summed E-state index contributed by atoms with van der Waals surface area (Å²) < 4.78 is 14.5. The van der Waals surface area contributed by atoms with E-state index in [1.165, 1.54) is 28.9 Å². The van der Waals surface area contributed by atoms with Gasteiger partial charge < -0.3 is 4.90 Å². The topological polar surface area (TPSA) is 81.3 Å². The summed E-state index contributed by atoms with van der Waals surface area (Å²) in [5.41, 5.74) is 0.903. The molecule has 8 heteroatoms. The maximum absolute atomic E-state index is 13.0. The summed E-state index contributed by atoms with van der Waals surface area (Å²) in [6.45, 7) is 2.70. The second-order valence-electron chi connectivity index (χ2n) is 6.27. The molecule has 0 atom stereocenters. The molecule has 25 heavy (non-hydrogen) atoms. The number of piperidine rings is 1. The summed E-state index contributed by atoms with van der Waals surface area (Å²) in [6, 6.07) is 5.56.